The third-order valence-electron chi connectivity index (χ3n) is 9.57. The Morgan fingerprint density at radius 2 is 1.41 bits per heavy atom. The van der Waals surface area contributed by atoms with Crippen molar-refractivity contribution in [3.8, 4) is 0 Å². The number of nitrogens with one attached hydrogen (secondary N) is 3. The van der Waals surface area contributed by atoms with Gasteiger partial charge in [0.05, 0.1) is 13.0 Å². The summed E-state index contributed by atoms with van der Waals surface area (Å²) < 4.78 is 11.7. The molecule has 4 N–H and O–H groups in total. The highest BCUT2D eigenvalue weighted by atomic mass is 16.7. The number of hydrogen-bond donors (Lipinski definition) is 4. The van der Waals surface area contributed by atoms with Crippen molar-refractivity contribution in [3.63, 3.8) is 0 Å². The average molecular weight is 650 g/mol. The molecule has 4 unspecified atom stereocenters. The van der Waals surface area contributed by atoms with E-state index < -0.39 is 29.3 Å². The van der Waals surface area contributed by atoms with Crippen molar-refractivity contribution in [2.45, 2.75) is 187 Å². The molecule has 0 aromatic heterocycles. The summed E-state index contributed by atoms with van der Waals surface area (Å²) in [6, 6.07) is -1.17. The van der Waals surface area contributed by atoms with Gasteiger partial charge in [0, 0.05) is 29.6 Å². The van der Waals surface area contributed by atoms with Gasteiger partial charge in [-0.15, -0.1) is 0 Å². The summed E-state index contributed by atoms with van der Waals surface area (Å²) in [5.74, 6) is -2.44. The van der Waals surface area contributed by atoms with Gasteiger partial charge in [0.25, 0.3) is 0 Å². The summed E-state index contributed by atoms with van der Waals surface area (Å²) in [5.41, 5.74) is -0.573. The number of aliphatic carboxylic acids is 1. The summed E-state index contributed by atoms with van der Waals surface area (Å²) in [7, 11) is 0. The lowest BCUT2D eigenvalue weighted by Crippen LogP contribution is -2.60. The number of hydrogen-bond acceptors (Lipinski definition) is 5. The number of carboxylic acid groups (broad SMARTS) is 1. The fourth-order valence-electron chi connectivity index (χ4n) is 6.78. The molecule has 1 aliphatic heterocycles. The molecule has 0 aromatic rings. The molecule has 2 fully saturated rings. The van der Waals surface area contributed by atoms with Crippen LogP contribution in [0.5, 0.6) is 0 Å². The lowest BCUT2D eigenvalue weighted by Gasteiger charge is -2.45. The normalized spacial score (nSPS) is 23.1. The molecule has 3 amide bonds. The van der Waals surface area contributed by atoms with Crippen LogP contribution in [0.25, 0.3) is 0 Å². The molecule has 266 valence electrons. The average Bonchev–Trinajstić information content (AvgIpc) is 2.99. The van der Waals surface area contributed by atoms with Gasteiger partial charge in [0.15, 0.2) is 5.79 Å². The maximum absolute atomic E-state index is 13.5. The number of allylic oxidation sites excluding steroid dienone is 1. The van der Waals surface area contributed by atoms with E-state index in [1.54, 1.807) is 20.0 Å². The van der Waals surface area contributed by atoms with Crippen LogP contribution in [-0.2, 0) is 19.1 Å². The standard InChI is InChI=1S/C37H67N3O6/c1-6-7-8-9-10-11-12-13-14-15-16-17-18-19-20-23-26-38-35(44)40-30-25-22-21-24-29(30)31(27-32(41)42)39-34(43)33-36(2,3)28-45-37(4,5)46-33/h23,26,29-31,33H,6-22,24-25,27-28H2,1-5H3,(H,39,43)(H,41,42)(H2,38,40,44). The van der Waals surface area contributed by atoms with Crippen LogP contribution in [0.2, 0.25) is 0 Å². The Labute approximate surface area is 279 Å². The van der Waals surface area contributed by atoms with Crippen molar-refractivity contribution in [1.82, 2.24) is 16.0 Å². The van der Waals surface area contributed by atoms with Crippen molar-refractivity contribution in [3.05, 3.63) is 12.3 Å². The second-order valence-electron chi connectivity index (χ2n) is 14.8. The van der Waals surface area contributed by atoms with Gasteiger partial charge >= 0.3 is 12.0 Å². The van der Waals surface area contributed by atoms with Gasteiger partial charge in [-0.3, -0.25) is 9.59 Å². The van der Waals surface area contributed by atoms with Crippen LogP contribution >= 0.6 is 0 Å². The highest BCUT2D eigenvalue weighted by molar-refractivity contribution is 5.83. The van der Waals surface area contributed by atoms with Crippen molar-refractivity contribution >= 4 is 17.9 Å². The topological polar surface area (TPSA) is 126 Å². The first-order valence-corrected chi connectivity index (χ1v) is 18.5. The van der Waals surface area contributed by atoms with E-state index in [0.717, 1.165) is 38.5 Å². The first-order chi connectivity index (χ1) is 21.9. The minimum absolute atomic E-state index is 0.199. The van der Waals surface area contributed by atoms with E-state index >= 15 is 0 Å². The molecule has 0 radical (unpaired) electrons. The van der Waals surface area contributed by atoms with Gasteiger partial charge in [0.2, 0.25) is 5.91 Å². The molecule has 0 aromatic carbocycles. The Bertz CT molecular complexity index is 921. The molecule has 46 heavy (non-hydrogen) atoms. The molecule has 2 rings (SSSR count). The van der Waals surface area contributed by atoms with Crippen LogP contribution in [0.15, 0.2) is 12.3 Å². The molecule has 1 heterocycles. The van der Waals surface area contributed by atoms with Gasteiger partial charge in [-0.25, -0.2) is 4.79 Å². The van der Waals surface area contributed by atoms with Crippen molar-refractivity contribution in [1.29, 1.82) is 0 Å². The van der Waals surface area contributed by atoms with Gasteiger partial charge in [-0.1, -0.05) is 123 Å². The molecule has 1 aliphatic carbocycles. The van der Waals surface area contributed by atoms with E-state index in [9.17, 15) is 19.5 Å². The van der Waals surface area contributed by atoms with Crippen LogP contribution in [0.3, 0.4) is 0 Å². The van der Waals surface area contributed by atoms with E-state index in [4.69, 9.17) is 9.47 Å². The minimum atomic E-state index is -0.988. The molecular formula is C37H67N3O6. The van der Waals surface area contributed by atoms with E-state index in [-0.39, 0.29) is 30.3 Å². The van der Waals surface area contributed by atoms with E-state index in [1.165, 1.54) is 83.5 Å². The fourth-order valence-corrected chi connectivity index (χ4v) is 6.78. The Kier molecular flexibility index (Phi) is 18.9. The molecule has 2 aliphatic rings. The number of carboxylic acids is 1. The lowest BCUT2D eigenvalue weighted by atomic mass is 9.78. The highest BCUT2D eigenvalue weighted by Gasteiger charge is 2.47. The number of carbonyl (C=O) groups is 3. The Hall–Kier alpha value is -2.13. The zero-order valence-electron chi connectivity index (χ0n) is 29.8. The molecule has 1 saturated carbocycles. The van der Waals surface area contributed by atoms with Crippen molar-refractivity contribution in [2.75, 3.05) is 6.61 Å². The van der Waals surface area contributed by atoms with Crippen molar-refractivity contribution in [2.24, 2.45) is 11.3 Å². The molecule has 1 saturated heterocycles. The molecule has 0 bridgehead atoms. The Morgan fingerprint density at radius 1 is 0.848 bits per heavy atom. The van der Waals surface area contributed by atoms with Crippen molar-refractivity contribution < 1.29 is 29.0 Å². The smallest absolute Gasteiger partial charge is 0.318 e. The van der Waals surface area contributed by atoms with Crippen LogP contribution in [0.4, 0.5) is 4.79 Å². The van der Waals surface area contributed by atoms with E-state index in [0.29, 0.717) is 6.61 Å². The van der Waals surface area contributed by atoms with Gasteiger partial charge in [-0.2, -0.15) is 0 Å². The summed E-state index contributed by atoms with van der Waals surface area (Å²) in [6.07, 6.45) is 25.6. The van der Waals surface area contributed by atoms with Gasteiger partial charge in [0.1, 0.15) is 6.10 Å². The molecule has 4 atom stereocenters. The summed E-state index contributed by atoms with van der Waals surface area (Å²) in [6.45, 7) is 9.96. The maximum atomic E-state index is 13.5. The van der Waals surface area contributed by atoms with E-state index in [1.807, 2.05) is 19.9 Å². The SMILES string of the molecule is CCCCCCCCCCCCCCCCC=CNC(=O)NC1CCCCC1C(CC(=O)O)NC(=O)C1OC(C)(C)OCC1(C)C. The number of rotatable bonds is 22. The quantitative estimate of drug-likeness (QED) is 0.0873. The van der Waals surface area contributed by atoms with Gasteiger partial charge in [-0.05, 0) is 39.5 Å². The van der Waals surface area contributed by atoms with Crippen LogP contribution in [0.1, 0.15) is 163 Å². The fraction of sp³-hybridized carbons (Fsp3) is 0.865. The lowest BCUT2D eigenvalue weighted by molar-refractivity contribution is -0.304. The Balaban J connectivity index is 1.70. The van der Waals surface area contributed by atoms with Crippen LogP contribution in [-0.4, -0.2) is 53.6 Å². The third kappa shape index (κ3) is 16.1. The first-order valence-electron chi connectivity index (χ1n) is 18.5. The first kappa shape index (κ1) is 40.0. The highest BCUT2D eigenvalue weighted by Crippen LogP contribution is 2.36. The summed E-state index contributed by atoms with van der Waals surface area (Å²) >= 11 is 0. The number of ether oxygens (including phenoxy) is 2. The zero-order chi connectivity index (χ0) is 33.8. The summed E-state index contributed by atoms with van der Waals surface area (Å²) in [4.78, 5) is 38.1. The second-order valence-corrected chi connectivity index (χ2v) is 14.8. The largest absolute Gasteiger partial charge is 0.481 e. The van der Waals surface area contributed by atoms with Crippen LogP contribution < -0.4 is 16.0 Å². The minimum Gasteiger partial charge on any atom is -0.481 e. The molecule has 9 nitrogen and oxygen atoms in total. The maximum Gasteiger partial charge on any atom is 0.318 e. The molecule has 9 heteroatoms. The number of carbonyl (C=O) groups excluding carboxylic acids is 2. The number of unbranched alkanes of at least 4 members (excludes halogenated alkanes) is 14. The van der Waals surface area contributed by atoms with Gasteiger partial charge < -0.3 is 30.5 Å². The predicted octanol–water partition coefficient (Wildman–Crippen LogP) is 8.37. The monoisotopic (exact) mass is 650 g/mol. The summed E-state index contributed by atoms with van der Waals surface area (Å²) in [5, 5.41) is 18.6. The van der Waals surface area contributed by atoms with Crippen LogP contribution in [0, 0.1) is 11.3 Å². The number of urea groups is 1. The second kappa shape index (κ2) is 21.7. The Morgan fingerprint density at radius 3 is 2.00 bits per heavy atom. The van der Waals surface area contributed by atoms with E-state index in [2.05, 4.69) is 22.9 Å². The molecule has 0 spiro atoms. The predicted molar refractivity (Wildman–Crippen MR) is 184 cm³/mol. The molecular weight excluding hydrogens is 582 g/mol. The third-order valence-corrected chi connectivity index (χ3v) is 9.57. The number of amides is 3. The zero-order valence-corrected chi connectivity index (χ0v) is 29.8.